The molecule has 0 radical (unpaired) electrons. The third-order valence-corrected chi connectivity index (χ3v) is 4.21. The van der Waals surface area contributed by atoms with Crippen LogP contribution in [-0.2, 0) is 4.79 Å². The van der Waals surface area contributed by atoms with Crippen LogP contribution in [0.2, 0.25) is 0 Å². The lowest BCUT2D eigenvalue weighted by atomic mass is 9.88. The predicted octanol–water partition coefficient (Wildman–Crippen LogP) is 2.67. The summed E-state index contributed by atoms with van der Waals surface area (Å²) in [5, 5.41) is 2.97. The van der Waals surface area contributed by atoms with E-state index in [2.05, 4.69) is 34.4 Å². The highest BCUT2D eigenvalue weighted by Crippen LogP contribution is 2.32. The van der Waals surface area contributed by atoms with Crippen molar-refractivity contribution < 1.29 is 4.79 Å². The summed E-state index contributed by atoms with van der Waals surface area (Å²) in [5.41, 5.74) is 2.13. The second-order valence-corrected chi connectivity index (χ2v) is 6.00. The quantitative estimate of drug-likeness (QED) is 0.947. The molecule has 0 bridgehead atoms. The van der Waals surface area contributed by atoms with Crippen LogP contribution in [0, 0.1) is 12.8 Å². The summed E-state index contributed by atoms with van der Waals surface area (Å²) in [7, 11) is 2.06. The van der Waals surface area contributed by atoms with E-state index in [1.165, 1.54) is 5.56 Å². The van der Waals surface area contributed by atoms with Crippen LogP contribution in [0.1, 0.15) is 17.2 Å². The molecule has 1 aromatic carbocycles. The molecule has 0 aliphatic carbocycles. The van der Waals surface area contributed by atoms with Gasteiger partial charge < -0.3 is 10.2 Å². The number of amides is 1. The fourth-order valence-electron chi connectivity index (χ4n) is 3.14. The summed E-state index contributed by atoms with van der Waals surface area (Å²) in [6.45, 7) is 3.60. The van der Waals surface area contributed by atoms with Gasteiger partial charge in [0, 0.05) is 24.7 Å². The number of rotatable bonds is 3. The topological polar surface area (TPSA) is 45.2 Å². The van der Waals surface area contributed by atoms with Crippen molar-refractivity contribution in [3.05, 3.63) is 59.8 Å². The number of hydrogen-bond donors (Lipinski definition) is 1. The molecule has 0 unspecified atom stereocenters. The van der Waals surface area contributed by atoms with E-state index in [1.807, 2.05) is 43.3 Å². The van der Waals surface area contributed by atoms with Gasteiger partial charge in [0.15, 0.2) is 0 Å². The van der Waals surface area contributed by atoms with E-state index in [0.717, 1.165) is 18.8 Å². The predicted molar refractivity (Wildman–Crippen MR) is 87.8 cm³/mol. The second kappa shape index (κ2) is 6.28. The lowest BCUT2D eigenvalue weighted by molar-refractivity contribution is -0.119. The molecule has 1 fully saturated rings. The number of anilines is 1. The van der Waals surface area contributed by atoms with Crippen molar-refractivity contribution in [3.8, 4) is 0 Å². The maximum absolute atomic E-state index is 12.7. The smallest absolute Gasteiger partial charge is 0.230 e. The molecule has 114 valence electrons. The van der Waals surface area contributed by atoms with Gasteiger partial charge in [-0.1, -0.05) is 36.4 Å². The second-order valence-electron chi connectivity index (χ2n) is 6.00. The molecule has 1 aliphatic heterocycles. The van der Waals surface area contributed by atoms with Crippen molar-refractivity contribution in [2.45, 2.75) is 12.8 Å². The molecule has 1 aromatic heterocycles. The van der Waals surface area contributed by atoms with Crippen LogP contribution in [-0.4, -0.2) is 35.9 Å². The highest BCUT2D eigenvalue weighted by molar-refractivity contribution is 5.92. The Balaban J connectivity index is 1.78. The SMILES string of the molecule is Cc1cccc(NC(=O)[C@@H]2CN(C)C[C@@H]2c2ccccc2)n1. The Morgan fingerprint density at radius 2 is 1.91 bits per heavy atom. The van der Waals surface area contributed by atoms with Gasteiger partial charge in [-0.15, -0.1) is 0 Å². The number of benzene rings is 1. The molecule has 4 nitrogen and oxygen atoms in total. The van der Waals surface area contributed by atoms with Crippen molar-refractivity contribution in [1.29, 1.82) is 0 Å². The lowest BCUT2D eigenvalue weighted by Gasteiger charge is -2.18. The minimum Gasteiger partial charge on any atom is -0.310 e. The third-order valence-electron chi connectivity index (χ3n) is 4.21. The number of nitrogens with zero attached hydrogens (tertiary/aromatic N) is 2. The van der Waals surface area contributed by atoms with Crippen LogP contribution in [0.25, 0.3) is 0 Å². The Morgan fingerprint density at radius 1 is 1.14 bits per heavy atom. The zero-order chi connectivity index (χ0) is 15.5. The van der Waals surface area contributed by atoms with Crippen LogP contribution in [0.3, 0.4) is 0 Å². The molecule has 3 rings (SSSR count). The van der Waals surface area contributed by atoms with E-state index in [-0.39, 0.29) is 17.7 Å². The average molecular weight is 295 g/mol. The summed E-state index contributed by atoms with van der Waals surface area (Å²) in [5.74, 6) is 0.869. The fraction of sp³-hybridized carbons (Fsp3) is 0.333. The molecule has 1 saturated heterocycles. The number of likely N-dealkylation sites (tertiary alicyclic amines) is 1. The summed E-state index contributed by atoms with van der Waals surface area (Å²) in [4.78, 5) is 19.2. The van der Waals surface area contributed by atoms with Gasteiger partial charge in [-0.3, -0.25) is 4.79 Å². The average Bonchev–Trinajstić information content (AvgIpc) is 2.90. The highest BCUT2D eigenvalue weighted by Gasteiger charge is 2.36. The van der Waals surface area contributed by atoms with E-state index in [1.54, 1.807) is 0 Å². The summed E-state index contributed by atoms with van der Waals surface area (Å²) in [6.07, 6.45) is 0. The largest absolute Gasteiger partial charge is 0.310 e. The number of pyridine rings is 1. The lowest BCUT2D eigenvalue weighted by Crippen LogP contribution is -2.28. The van der Waals surface area contributed by atoms with Gasteiger partial charge >= 0.3 is 0 Å². The first-order valence-corrected chi connectivity index (χ1v) is 7.61. The molecule has 1 aliphatic rings. The summed E-state index contributed by atoms with van der Waals surface area (Å²) in [6, 6.07) is 16.0. The van der Waals surface area contributed by atoms with Gasteiger partial charge in [-0.05, 0) is 31.7 Å². The van der Waals surface area contributed by atoms with E-state index < -0.39 is 0 Å². The van der Waals surface area contributed by atoms with Gasteiger partial charge in [-0.25, -0.2) is 4.98 Å². The van der Waals surface area contributed by atoms with Crippen molar-refractivity contribution >= 4 is 11.7 Å². The molecular formula is C18H21N3O. The van der Waals surface area contributed by atoms with Crippen LogP contribution in [0.15, 0.2) is 48.5 Å². The van der Waals surface area contributed by atoms with Crippen molar-refractivity contribution in [2.75, 3.05) is 25.5 Å². The molecule has 2 heterocycles. The monoisotopic (exact) mass is 295 g/mol. The molecular weight excluding hydrogens is 274 g/mol. The van der Waals surface area contributed by atoms with E-state index in [0.29, 0.717) is 5.82 Å². The minimum atomic E-state index is -0.0466. The van der Waals surface area contributed by atoms with Gasteiger partial charge in [0.1, 0.15) is 5.82 Å². The summed E-state index contributed by atoms with van der Waals surface area (Å²) < 4.78 is 0. The third kappa shape index (κ3) is 3.17. The Kier molecular flexibility index (Phi) is 4.20. The molecule has 1 N–H and O–H groups in total. The standard InChI is InChI=1S/C18H21N3O/c1-13-7-6-10-17(19-13)20-18(22)16-12-21(2)11-15(16)14-8-4-3-5-9-14/h3-10,15-16H,11-12H2,1-2H3,(H,19,20,22)/t15-,16-/m1/s1. The van der Waals surface area contributed by atoms with E-state index in [9.17, 15) is 4.79 Å². The first kappa shape index (κ1) is 14.7. The number of hydrogen-bond acceptors (Lipinski definition) is 3. The Hall–Kier alpha value is -2.20. The minimum absolute atomic E-state index is 0.0466. The Labute approximate surface area is 131 Å². The van der Waals surface area contributed by atoms with Gasteiger partial charge in [-0.2, -0.15) is 0 Å². The first-order valence-electron chi connectivity index (χ1n) is 7.61. The van der Waals surface area contributed by atoms with Crippen LogP contribution in [0.5, 0.6) is 0 Å². The highest BCUT2D eigenvalue weighted by atomic mass is 16.2. The van der Waals surface area contributed by atoms with Crippen molar-refractivity contribution in [3.63, 3.8) is 0 Å². The molecule has 0 spiro atoms. The zero-order valence-electron chi connectivity index (χ0n) is 13.0. The number of carbonyl (C=O) groups is 1. The maximum Gasteiger partial charge on any atom is 0.230 e. The van der Waals surface area contributed by atoms with Crippen LogP contribution in [0.4, 0.5) is 5.82 Å². The van der Waals surface area contributed by atoms with Gasteiger partial charge in [0.05, 0.1) is 5.92 Å². The van der Waals surface area contributed by atoms with Crippen molar-refractivity contribution in [2.24, 2.45) is 5.92 Å². The van der Waals surface area contributed by atoms with E-state index in [4.69, 9.17) is 0 Å². The molecule has 2 atom stereocenters. The number of nitrogens with one attached hydrogen (secondary N) is 1. The molecule has 2 aromatic rings. The molecule has 22 heavy (non-hydrogen) atoms. The van der Waals surface area contributed by atoms with E-state index >= 15 is 0 Å². The Bertz CT molecular complexity index is 656. The maximum atomic E-state index is 12.7. The number of carbonyl (C=O) groups excluding carboxylic acids is 1. The van der Waals surface area contributed by atoms with Crippen LogP contribution < -0.4 is 5.32 Å². The number of aryl methyl sites for hydroxylation is 1. The Morgan fingerprint density at radius 3 is 2.64 bits per heavy atom. The molecule has 4 heteroatoms. The normalized spacial score (nSPS) is 21.7. The molecule has 1 amide bonds. The fourth-order valence-corrected chi connectivity index (χ4v) is 3.14. The first-order chi connectivity index (χ1) is 10.6. The number of aromatic nitrogens is 1. The van der Waals surface area contributed by atoms with Crippen LogP contribution >= 0.6 is 0 Å². The van der Waals surface area contributed by atoms with Gasteiger partial charge in [0.2, 0.25) is 5.91 Å². The van der Waals surface area contributed by atoms with Crippen molar-refractivity contribution in [1.82, 2.24) is 9.88 Å². The zero-order valence-corrected chi connectivity index (χ0v) is 13.0. The summed E-state index contributed by atoms with van der Waals surface area (Å²) >= 11 is 0. The molecule has 0 saturated carbocycles. The number of likely N-dealkylation sites (N-methyl/N-ethyl adjacent to an activating group) is 1. The van der Waals surface area contributed by atoms with Gasteiger partial charge in [0.25, 0.3) is 0 Å².